The van der Waals surface area contributed by atoms with Crippen LogP contribution in [0.3, 0.4) is 0 Å². The van der Waals surface area contributed by atoms with E-state index in [0.29, 0.717) is 18.5 Å². The van der Waals surface area contributed by atoms with Crippen molar-refractivity contribution in [3.8, 4) is 0 Å². The van der Waals surface area contributed by atoms with Crippen molar-refractivity contribution in [1.82, 2.24) is 0 Å². The molecule has 16 heavy (non-hydrogen) atoms. The Balaban J connectivity index is 2.04. The highest BCUT2D eigenvalue weighted by Crippen LogP contribution is 2.30. The third kappa shape index (κ3) is 2.22. The Bertz CT molecular complexity index is 383. The molecule has 1 fully saturated rings. The average Bonchev–Trinajstić information content (AvgIpc) is 2.70. The Hall–Kier alpha value is -1.42. The zero-order chi connectivity index (χ0) is 11.6. The molecule has 0 heterocycles. The molecule has 3 nitrogen and oxygen atoms in total. The van der Waals surface area contributed by atoms with Gasteiger partial charge >= 0.3 is 0 Å². The summed E-state index contributed by atoms with van der Waals surface area (Å²) < 4.78 is 12.6. The molecule has 2 N–H and O–H groups in total. The van der Waals surface area contributed by atoms with Gasteiger partial charge in [-0.15, -0.1) is 0 Å². The number of halogens is 1. The van der Waals surface area contributed by atoms with Crippen LogP contribution in [0.25, 0.3) is 0 Å². The van der Waals surface area contributed by atoms with Gasteiger partial charge in [-0.3, -0.25) is 4.79 Å². The van der Waals surface area contributed by atoms with E-state index in [4.69, 9.17) is 0 Å². The molecule has 86 valence electrons. The highest BCUT2D eigenvalue weighted by Gasteiger charge is 2.38. The lowest BCUT2D eigenvalue weighted by molar-refractivity contribution is -0.133. The number of nitrogens with one attached hydrogen (secondary N) is 1. The van der Waals surface area contributed by atoms with E-state index in [2.05, 4.69) is 5.32 Å². The topological polar surface area (TPSA) is 49.3 Å². The normalized spacial score (nSPS) is 18.4. The van der Waals surface area contributed by atoms with E-state index in [-0.39, 0.29) is 5.82 Å². The van der Waals surface area contributed by atoms with Crippen molar-refractivity contribution in [3.63, 3.8) is 0 Å². The molecular weight excluding hydrogens is 209 g/mol. The van der Waals surface area contributed by atoms with Gasteiger partial charge in [0.15, 0.2) is 0 Å². The third-order valence-corrected chi connectivity index (χ3v) is 2.96. The summed E-state index contributed by atoms with van der Waals surface area (Å²) in [5.74, 6) is -0.741. The van der Waals surface area contributed by atoms with E-state index in [1.165, 1.54) is 24.3 Å². The van der Waals surface area contributed by atoms with E-state index >= 15 is 0 Å². The molecule has 1 aliphatic rings. The van der Waals surface area contributed by atoms with Gasteiger partial charge in [-0.2, -0.15) is 0 Å². The van der Waals surface area contributed by atoms with Crippen LogP contribution >= 0.6 is 0 Å². The predicted octanol–water partition coefficient (Wildman–Crippen LogP) is 2.07. The maximum absolute atomic E-state index is 12.6. The smallest absolute Gasteiger partial charge is 0.256 e. The van der Waals surface area contributed by atoms with Crippen LogP contribution in [0.2, 0.25) is 0 Å². The fourth-order valence-corrected chi connectivity index (χ4v) is 1.97. The molecule has 1 aromatic carbocycles. The predicted molar refractivity (Wildman–Crippen MR) is 58.4 cm³/mol. The van der Waals surface area contributed by atoms with E-state index < -0.39 is 11.5 Å². The molecule has 1 aromatic rings. The van der Waals surface area contributed by atoms with E-state index in [1.54, 1.807) is 0 Å². The Kier molecular flexibility index (Phi) is 2.92. The molecular formula is C12H14FNO2. The van der Waals surface area contributed by atoms with Crippen molar-refractivity contribution in [1.29, 1.82) is 0 Å². The molecule has 0 saturated heterocycles. The SMILES string of the molecule is O=C(Nc1ccc(F)cc1)C1(O)CCCC1. The summed E-state index contributed by atoms with van der Waals surface area (Å²) >= 11 is 0. The van der Waals surface area contributed by atoms with Gasteiger partial charge in [0.25, 0.3) is 5.91 Å². The summed E-state index contributed by atoms with van der Waals surface area (Å²) in [5.41, 5.74) is -0.735. The number of hydrogen-bond donors (Lipinski definition) is 2. The summed E-state index contributed by atoms with van der Waals surface area (Å²) in [6.45, 7) is 0. The monoisotopic (exact) mass is 223 g/mol. The minimum absolute atomic E-state index is 0.349. The number of rotatable bonds is 2. The van der Waals surface area contributed by atoms with Crippen molar-refractivity contribution in [2.75, 3.05) is 5.32 Å². The van der Waals surface area contributed by atoms with Crippen LogP contribution < -0.4 is 5.32 Å². The molecule has 0 spiro atoms. The van der Waals surface area contributed by atoms with Crippen molar-refractivity contribution in [2.24, 2.45) is 0 Å². The number of amides is 1. The van der Waals surface area contributed by atoms with E-state index in [0.717, 1.165) is 12.8 Å². The van der Waals surface area contributed by atoms with Gasteiger partial charge in [0.2, 0.25) is 0 Å². The Labute approximate surface area is 93.3 Å². The Morgan fingerprint density at radius 3 is 2.38 bits per heavy atom. The van der Waals surface area contributed by atoms with Crippen molar-refractivity contribution < 1.29 is 14.3 Å². The van der Waals surface area contributed by atoms with Crippen LogP contribution in [0, 0.1) is 5.82 Å². The minimum atomic E-state index is -1.24. The maximum Gasteiger partial charge on any atom is 0.256 e. The molecule has 1 aliphatic carbocycles. The van der Waals surface area contributed by atoms with Gasteiger partial charge < -0.3 is 10.4 Å². The molecule has 0 unspecified atom stereocenters. The largest absolute Gasteiger partial charge is 0.380 e. The second kappa shape index (κ2) is 4.22. The number of hydrogen-bond acceptors (Lipinski definition) is 2. The fraction of sp³-hybridized carbons (Fsp3) is 0.417. The molecule has 2 rings (SSSR count). The summed E-state index contributed by atoms with van der Waals surface area (Å²) in [6.07, 6.45) is 2.74. The molecule has 0 atom stereocenters. The molecule has 0 radical (unpaired) electrons. The van der Waals surface area contributed by atoms with Crippen molar-refractivity contribution in [2.45, 2.75) is 31.3 Å². The van der Waals surface area contributed by atoms with Gasteiger partial charge in [0, 0.05) is 5.69 Å². The Morgan fingerprint density at radius 2 is 1.81 bits per heavy atom. The fourth-order valence-electron chi connectivity index (χ4n) is 1.97. The number of carbonyl (C=O) groups excluding carboxylic acids is 1. The van der Waals surface area contributed by atoms with Crippen LogP contribution in [-0.4, -0.2) is 16.6 Å². The van der Waals surface area contributed by atoms with Gasteiger partial charge in [-0.25, -0.2) is 4.39 Å². The highest BCUT2D eigenvalue weighted by atomic mass is 19.1. The number of aliphatic hydroxyl groups is 1. The van der Waals surface area contributed by atoms with Crippen LogP contribution in [-0.2, 0) is 4.79 Å². The lowest BCUT2D eigenvalue weighted by Gasteiger charge is -2.20. The van der Waals surface area contributed by atoms with E-state index in [9.17, 15) is 14.3 Å². The standard InChI is InChI=1S/C12H14FNO2/c13-9-3-5-10(6-4-9)14-11(15)12(16)7-1-2-8-12/h3-6,16H,1-2,7-8H2,(H,14,15). The quantitative estimate of drug-likeness (QED) is 0.806. The van der Waals surface area contributed by atoms with Crippen molar-refractivity contribution >= 4 is 11.6 Å². The van der Waals surface area contributed by atoms with Crippen LogP contribution in [0.5, 0.6) is 0 Å². The van der Waals surface area contributed by atoms with E-state index in [1.807, 2.05) is 0 Å². The van der Waals surface area contributed by atoms with Crippen LogP contribution in [0.4, 0.5) is 10.1 Å². The summed E-state index contributed by atoms with van der Waals surface area (Å²) in [6, 6.07) is 5.50. The van der Waals surface area contributed by atoms with Gasteiger partial charge in [0.1, 0.15) is 11.4 Å². The lowest BCUT2D eigenvalue weighted by atomic mass is 10.0. The lowest BCUT2D eigenvalue weighted by Crippen LogP contribution is -2.40. The Morgan fingerprint density at radius 1 is 1.25 bits per heavy atom. The zero-order valence-corrected chi connectivity index (χ0v) is 8.87. The first-order valence-corrected chi connectivity index (χ1v) is 5.40. The third-order valence-electron chi connectivity index (χ3n) is 2.96. The zero-order valence-electron chi connectivity index (χ0n) is 8.87. The minimum Gasteiger partial charge on any atom is -0.380 e. The van der Waals surface area contributed by atoms with Crippen molar-refractivity contribution in [3.05, 3.63) is 30.1 Å². The van der Waals surface area contributed by atoms with Crippen LogP contribution in [0.1, 0.15) is 25.7 Å². The van der Waals surface area contributed by atoms with Gasteiger partial charge in [-0.1, -0.05) is 0 Å². The first kappa shape index (κ1) is 11.1. The number of benzene rings is 1. The molecule has 4 heteroatoms. The van der Waals surface area contributed by atoms with Gasteiger partial charge in [-0.05, 0) is 49.9 Å². The first-order valence-electron chi connectivity index (χ1n) is 5.40. The maximum atomic E-state index is 12.6. The summed E-state index contributed by atoms with van der Waals surface area (Å²) in [7, 11) is 0. The molecule has 1 amide bonds. The van der Waals surface area contributed by atoms with Gasteiger partial charge in [0.05, 0.1) is 0 Å². The molecule has 1 saturated carbocycles. The molecule has 0 bridgehead atoms. The second-order valence-corrected chi connectivity index (χ2v) is 4.20. The summed E-state index contributed by atoms with van der Waals surface area (Å²) in [4.78, 5) is 11.8. The number of carbonyl (C=O) groups is 1. The number of anilines is 1. The average molecular weight is 223 g/mol. The first-order chi connectivity index (χ1) is 7.60. The molecule has 0 aromatic heterocycles. The highest BCUT2D eigenvalue weighted by molar-refractivity contribution is 5.97. The molecule has 0 aliphatic heterocycles. The summed E-state index contributed by atoms with van der Waals surface area (Å²) in [5, 5.41) is 12.6. The van der Waals surface area contributed by atoms with Crippen LogP contribution in [0.15, 0.2) is 24.3 Å². The second-order valence-electron chi connectivity index (χ2n) is 4.20.